The molecular formula is C9H18BrNO. The van der Waals surface area contributed by atoms with Crippen molar-refractivity contribution in [2.24, 2.45) is 5.92 Å². The molecule has 1 atom stereocenters. The molecule has 0 aliphatic carbocycles. The van der Waals surface area contributed by atoms with Crippen molar-refractivity contribution in [3.63, 3.8) is 0 Å². The zero-order chi connectivity index (χ0) is 9.56. The van der Waals surface area contributed by atoms with Gasteiger partial charge in [0.25, 0.3) is 0 Å². The van der Waals surface area contributed by atoms with Crippen molar-refractivity contribution in [2.75, 3.05) is 5.33 Å². The van der Waals surface area contributed by atoms with Gasteiger partial charge >= 0.3 is 0 Å². The minimum atomic E-state index is 0.187. The van der Waals surface area contributed by atoms with Crippen molar-refractivity contribution in [3.05, 3.63) is 0 Å². The zero-order valence-corrected chi connectivity index (χ0v) is 9.65. The Bertz CT molecular complexity index is 134. The molecule has 0 heterocycles. The molecule has 0 aromatic heterocycles. The molecule has 12 heavy (non-hydrogen) atoms. The van der Waals surface area contributed by atoms with E-state index >= 15 is 0 Å². The largest absolute Gasteiger partial charge is 0.353 e. The van der Waals surface area contributed by atoms with E-state index in [0.29, 0.717) is 0 Å². The molecule has 0 fully saturated rings. The number of nitrogens with one attached hydrogen (secondary N) is 1. The van der Waals surface area contributed by atoms with E-state index in [-0.39, 0.29) is 17.9 Å². The molecule has 0 saturated heterocycles. The van der Waals surface area contributed by atoms with Gasteiger partial charge in [-0.2, -0.15) is 0 Å². The van der Waals surface area contributed by atoms with E-state index in [9.17, 15) is 4.79 Å². The van der Waals surface area contributed by atoms with Gasteiger partial charge in [0.15, 0.2) is 0 Å². The monoisotopic (exact) mass is 235 g/mol. The molecule has 0 aromatic rings. The third-order valence-corrected chi connectivity index (χ3v) is 2.95. The fourth-order valence-corrected chi connectivity index (χ4v) is 1.22. The molecule has 2 nitrogen and oxygen atoms in total. The lowest BCUT2D eigenvalue weighted by molar-refractivity contribution is -0.125. The SMILES string of the molecule is CCC(CC)C(=O)NC(C)CBr. The number of halogens is 1. The molecule has 3 heteroatoms. The van der Waals surface area contributed by atoms with E-state index in [0.717, 1.165) is 18.2 Å². The number of carbonyl (C=O) groups excluding carboxylic acids is 1. The van der Waals surface area contributed by atoms with Crippen LogP contribution >= 0.6 is 15.9 Å². The van der Waals surface area contributed by atoms with Gasteiger partial charge in [0.05, 0.1) is 0 Å². The molecule has 0 radical (unpaired) electrons. The van der Waals surface area contributed by atoms with Crippen LogP contribution in [0, 0.1) is 5.92 Å². The fourth-order valence-electron chi connectivity index (χ4n) is 1.06. The van der Waals surface area contributed by atoms with Gasteiger partial charge in [-0.15, -0.1) is 0 Å². The molecule has 0 aliphatic rings. The van der Waals surface area contributed by atoms with Crippen LogP contribution in [0.25, 0.3) is 0 Å². The summed E-state index contributed by atoms with van der Waals surface area (Å²) < 4.78 is 0. The van der Waals surface area contributed by atoms with Crippen LogP contribution in [0.5, 0.6) is 0 Å². The first kappa shape index (κ1) is 11.9. The predicted molar refractivity (Wildman–Crippen MR) is 55.5 cm³/mol. The van der Waals surface area contributed by atoms with E-state index in [1.165, 1.54) is 0 Å². The number of carbonyl (C=O) groups is 1. The van der Waals surface area contributed by atoms with Crippen LogP contribution in [0.1, 0.15) is 33.6 Å². The maximum absolute atomic E-state index is 11.4. The zero-order valence-electron chi connectivity index (χ0n) is 8.06. The van der Waals surface area contributed by atoms with Crippen LogP contribution in [-0.2, 0) is 4.79 Å². The average Bonchev–Trinajstić information content (AvgIpc) is 2.06. The Morgan fingerprint density at radius 2 is 1.92 bits per heavy atom. The third kappa shape index (κ3) is 4.10. The Balaban J connectivity index is 3.84. The van der Waals surface area contributed by atoms with Gasteiger partial charge in [-0.25, -0.2) is 0 Å². The van der Waals surface area contributed by atoms with Gasteiger partial charge < -0.3 is 5.32 Å². The lowest BCUT2D eigenvalue weighted by Gasteiger charge is -2.16. The standard InChI is InChI=1S/C9H18BrNO/c1-4-8(5-2)9(12)11-7(3)6-10/h7-8H,4-6H2,1-3H3,(H,11,12). The minimum absolute atomic E-state index is 0.187. The summed E-state index contributed by atoms with van der Waals surface area (Å²) in [7, 11) is 0. The smallest absolute Gasteiger partial charge is 0.223 e. The van der Waals surface area contributed by atoms with Gasteiger partial charge in [-0.05, 0) is 19.8 Å². The van der Waals surface area contributed by atoms with E-state index in [4.69, 9.17) is 0 Å². The highest BCUT2D eigenvalue weighted by Crippen LogP contribution is 2.07. The summed E-state index contributed by atoms with van der Waals surface area (Å²) in [5, 5.41) is 3.76. The van der Waals surface area contributed by atoms with Gasteiger partial charge in [0, 0.05) is 17.3 Å². The van der Waals surface area contributed by atoms with Gasteiger partial charge in [-0.3, -0.25) is 4.79 Å². The number of hydrogen-bond acceptors (Lipinski definition) is 1. The maximum atomic E-state index is 11.4. The summed E-state index contributed by atoms with van der Waals surface area (Å²) in [4.78, 5) is 11.4. The van der Waals surface area contributed by atoms with Crippen LogP contribution < -0.4 is 5.32 Å². The highest BCUT2D eigenvalue weighted by atomic mass is 79.9. The van der Waals surface area contributed by atoms with Crippen LogP contribution in [0.3, 0.4) is 0 Å². The lowest BCUT2D eigenvalue weighted by atomic mass is 10.0. The number of hydrogen-bond donors (Lipinski definition) is 1. The van der Waals surface area contributed by atoms with Crippen LogP contribution in [0.2, 0.25) is 0 Å². The molecule has 1 unspecified atom stereocenters. The molecule has 1 N–H and O–H groups in total. The highest BCUT2D eigenvalue weighted by molar-refractivity contribution is 9.09. The predicted octanol–water partition coefficient (Wildman–Crippen LogP) is 2.32. The Morgan fingerprint density at radius 3 is 2.25 bits per heavy atom. The van der Waals surface area contributed by atoms with E-state index in [1.54, 1.807) is 0 Å². The van der Waals surface area contributed by atoms with E-state index in [2.05, 4.69) is 21.2 Å². The van der Waals surface area contributed by atoms with E-state index in [1.807, 2.05) is 20.8 Å². The number of alkyl halides is 1. The van der Waals surface area contributed by atoms with Crippen molar-refractivity contribution in [3.8, 4) is 0 Å². The second kappa shape index (κ2) is 6.46. The molecular weight excluding hydrogens is 218 g/mol. The molecule has 0 saturated carbocycles. The minimum Gasteiger partial charge on any atom is -0.353 e. The second-order valence-corrected chi connectivity index (χ2v) is 3.72. The molecule has 0 aliphatic heterocycles. The molecule has 0 spiro atoms. The quantitative estimate of drug-likeness (QED) is 0.729. The molecule has 72 valence electrons. The summed E-state index contributed by atoms with van der Waals surface area (Å²) in [5.41, 5.74) is 0. The van der Waals surface area contributed by atoms with Crippen molar-refractivity contribution in [2.45, 2.75) is 39.7 Å². The van der Waals surface area contributed by atoms with E-state index < -0.39 is 0 Å². The summed E-state index contributed by atoms with van der Waals surface area (Å²) in [6, 6.07) is 0.234. The summed E-state index contributed by atoms with van der Waals surface area (Å²) >= 11 is 3.32. The van der Waals surface area contributed by atoms with Crippen LogP contribution in [0.15, 0.2) is 0 Å². The molecule has 0 aromatic carbocycles. The molecule has 1 amide bonds. The first-order valence-corrected chi connectivity index (χ1v) is 5.64. The van der Waals surface area contributed by atoms with Gasteiger partial charge in [0.2, 0.25) is 5.91 Å². The first-order chi connectivity index (χ1) is 5.65. The summed E-state index contributed by atoms with van der Waals surface area (Å²) in [5.74, 6) is 0.374. The topological polar surface area (TPSA) is 29.1 Å². The van der Waals surface area contributed by atoms with Crippen molar-refractivity contribution >= 4 is 21.8 Å². The van der Waals surface area contributed by atoms with Crippen LogP contribution in [0.4, 0.5) is 0 Å². The second-order valence-electron chi connectivity index (χ2n) is 3.08. The highest BCUT2D eigenvalue weighted by Gasteiger charge is 2.15. The Kier molecular flexibility index (Phi) is 6.44. The maximum Gasteiger partial charge on any atom is 0.223 e. The van der Waals surface area contributed by atoms with Gasteiger partial charge in [0.1, 0.15) is 0 Å². The van der Waals surface area contributed by atoms with Crippen LogP contribution in [-0.4, -0.2) is 17.3 Å². The Hall–Kier alpha value is -0.0500. The van der Waals surface area contributed by atoms with Crippen molar-refractivity contribution in [1.82, 2.24) is 5.32 Å². The summed E-state index contributed by atoms with van der Waals surface area (Å²) in [6.45, 7) is 6.09. The summed E-state index contributed by atoms with van der Waals surface area (Å²) in [6.07, 6.45) is 1.86. The Morgan fingerprint density at radius 1 is 1.42 bits per heavy atom. The first-order valence-electron chi connectivity index (χ1n) is 4.52. The fraction of sp³-hybridized carbons (Fsp3) is 0.889. The molecule has 0 rings (SSSR count). The number of rotatable bonds is 5. The van der Waals surface area contributed by atoms with Gasteiger partial charge in [-0.1, -0.05) is 29.8 Å². The lowest BCUT2D eigenvalue weighted by Crippen LogP contribution is -2.37. The molecule has 0 bridgehead atoms. The van der Waals surface area contributed by atoms with Crippen molar-refractivity contribution < 1.29 is 4.79 Å². The third-order valence-electron chi connectivity index (χ3n) is 1.98. The number of amides is 1. The Labute approximate surface area is 83.2 Å². The average molecular weight is 236 g/mol. The van der Waals surface area contributed by atoms with Crippen molar-refractivity contribution in [1.29, 1.82) is 0 Å². The normalized spacial score (nSPS) is 13.1.